The third-order valence-electron chi connectivity index (χ3n) is 8.95. The summed E-state index contributed by atoms with van der Waals surface area (Å²) in [5.41, 5.74) is 10.0. The van der Waals surface area contributed by atoms with E-state index in [9.17, 15) is 0 Å². The Morgan fingerprint density at radius 3 is 1.74 bits per heavy atom. The summed E-state index contributed by atoms with van der Waals surface area (Å²) in [7, 11) is 0. The zero-order valence-electron chi connectivity index (χ0n) is 23.2. The van der Waals surface area contributed by atoms with Gasteiger partial charge in [0, 0.05) is 32.9 Å². The fourth-order valence-corrected chi connectivity index (χ4v) is 6.98. The molecule has 0 spiro atoms. The molecule has 0 amide bonds. The molecule has 8 aromatic rings. The first-order chi connectivity index (χ1) is 20.8. The van der Waals surface area contributed by atoms with E-state index in [1.54, 1.807) is 0 Å². The maximum atomic E-state index is 2.46. The molecule has 6 aromatic carbocycles. The van der Waals surface area contributed by atoms with E-state index >= 15 is 0 Å². The molecular formula is C40H28N2. The van der Waals surface area contributed by atoms with E-state index in [1.807, 2.05) is 0 Å². The smallest absolute Gasteiger partial charge is 0.0541 e. The standard InChI is InChI=1S/C40H28N2/c1-2-12-31(13-3-1)41-37-16-8-6-14-33(37)35-25-29(19-22-39(35)41)30-20-23-40-36(26-30)34-15-7-9-17-38(34)42(40)32-21-18-27-10-4-5-11-28(27)24-32/h1-2,4-12,14-26H,3,13H2. The molecule has 1 aliphatic carbocycles. The van der Waals surface area contributed by atoms with E-state index in [1.165, 1.54) is 76.9 Å². The van der Waals surface area contributed by atoms with E-state index in [0.717, 1.165) is 12.8 Å². The van der Waals surface area contributed by atoms with Crippen molar-refractivity contribution in [1.82, 2.24) is 9.13 Å². The van der Waals surface area contributed by atoms with Crippen LogP contribution in [0.3, 0.4) is 0 Å². The highest BCUT2D eigenvalue weighted by atomic mass is 15.0. The molecule has 0 saturated heterocycles. The van der Waals surface area contributed by atoms with Crippen molar-refractivity contribution < 1.29 is 0 Å². The summed E-state index contributed by atoms with van der Waals surface area (Å²) in [6.07, 6.45) is 8.86. The lowest BCUT2D eigenvalue weighted by molar-refractivity contribution is 0.979. The van der Waals surface area contributed by atoms with Crippen molar-refractivity contribution in [2.24, 2.45) is 0 Å². The van der Waals surface area contributed by atoms with Gasteiger partial charge in [-0.05, 0) is 89.3 Å². The summed E-state index contributed by atoms with van der Waals surface area (Å²) in [4.78, 5) is 0. The highest BCUT2D eigenvalue weighted by Crippen LogP contribution is 2.39. The summed E-state index contributed by atoms with van der Waals surface area (Å²) in [6.45, 7) is 0. The molecule has 2 nitrogen and oxygen atoms in total. The SMILES string of the molecule is C1=CCCC(n2c3ccccc3c3cc(-c4ccc5c(c4)c4ccccc4n5-c4ccc5ccccc5c4)ccc32)=C1. The number of aromatic nitrogens is 2. The van der Waals surface area contributed by atoms with Gasteiger partial charge in [0.05, 0.1) is 22.1 Å². The van der Waals surface area contributed by atoms with E-state index in [2.05, 4.69) is 155 Å². The number of allylic oxidation sites excluding steroid dienone is 4. The number of nitrogens with zero attached hydrogens (tertiary/aromatic N) is 2. The topological polar surface area (TPSA) is 9.86 Å². The second kappa shape index (κ2) is 9.09. The first kappa shape index (κ1) is 23.4. The van der Waals surface area contributed by atoms with E-state index in [-0.39, 0.29) is 0 Å². The normalized spacial score (nSPS) is 13.6. The van der Waals surface area contributed by atoms with Crippen molar-refractivity contribution in [2.45, 2.75) is 12.8 Å². The minimum atomic E-state index is 1.06. The van der Waals surface area contributed by atoms with Gasteiger partial charge in [-0.1, -0.05) is 91.0 Å². The molecule has 42 heavy (non-hydrogen) atoms. The van der Waals surface area contributed by atoms with Gasteiger partial charge in [-0.3, -0.25) is 0 Å². The van der Waals surface area contributed by atoms with Crippen molar-refractivity contribution in [1.29, 1.82) is 0 Å². The number of rotatable bonds is 3. The lowest BCUT2D eigenvalue weighted by Gasteiger charge is -2.14. The fraction of sp³-hybridized carbons (Fsp3) is 0.0500. The second-order valence-corrected chi connectivity index (χ2v) is 11.3. The molecule has 0 unspecified atom stereocenters. The van der Waals surface area contributed by atoms with Crippen molar-refractivity contribution >= 4 is 60.1 Å². The van der Waals surface area contributed by atoms with Crippen LogP contribution >= 0.6 is 0 Å². The molecule has 2 heteroatoms. The minimum absolute atomic E-state index is 1.06. The van der Waals surface area contributed by atoms with Crippen LogP contribution in [0, 0.1) is 0 Å². The molecule has 9 rings (SSSR count). The molecule has 0 saturated carbocycles. The van der Waals surface area contributed by atoms with Gasteiger partial charge >= 0.3 is 0 Å². The van der Waals surface area contributed by atoms with Gasteiger partial charge in [0.15, 0.2) is 0 Å². The van der Waals surface area contributed by atoms with Crippen LogP contribution < -0.4 is 0 Å². The maximum absolute atomic E-state index is 2.46. The highest BCUT2D eigenvalue weighted by molar-refractivity contribution is 6.13. The van der Waals surface area contributed by atoms with Gasteiger partial charge in [-0.15, -0.1) is 0 Å². The van der Waals surface area contributed by atoms with Crippen LogP contribution in [0.2, 0.25) is 0 Å². The Morgan fingerprint density at radius 2 is 1.05 bits per heavy atom. The quantitative estimate of drug-likeness (QED) is 0.212. The van der Waals surface area contributed by atoms with Crippen molar-refractivity contribution in [3.63, 3.8) is 0 Å². The summed E-state index contributed by atoms with van der Waals surface area (Å²) in [5.74, 6) is 0. The predicted octanol–water partition coefficient (Wildman–Crippen LogP) is 10.9. The number of hydrogen-bond acceptors (Lipinski definition) is 0. The highest BCUT2D eigenvalue weighted by Gasteiger charge is 2.17. The van der Waals surface area contributed by atoms with Gasteiger partial charge in [0.25, 0.3) is 0 Å². The minimum Gasteiger partial charge on any atom is -0.313 e. The molecule has 198 valence electrons. The lowest BCUT2D eigenvalue weighted by atomic mass is 10.0. The molecule has 0 aliphatic heterocycles. The molecule has 1 aliphatic rings. The molecule has 0 atom stereocenters. The van der Waals surface area contributed by atoms with Crippen LogP contribution in [0.1, 0.15) is 12.8 Å². The number of benzene rings is 6. The molecule has 0 fully saturated rings. The molecule has 0 N–H and O–H groups in total. The monoisotopic (exact) mass is 536 g/mol. The third kappa shape index (κ3) is 3.45. The first-order valence-corrected chi connectivity index (χ1v) is 14.8. The molecule has 0 radical (unpaired) electrons. The summed E-state index contributed by atoms with van der Waals surface area (Å²) < 4.78 is 4.86. The number of hydrogen-bond donors (Lipinski definition) is 0. The van der Waals surface area contributed by atoms with Gasteiger partial charge in [-0.25, -0.2) is 0 Å². The molecular weight excluding hydrogens is 508 g/mol. The van der Waals surface area contributed by atoms with Gasteiger partial charge in [-0.2, -0.15) is 0 Å². The van der Waals surface area contributed by atoms with Gasteiger partial charge < -0.3 is 9.13 Å². The first-order valence-electron chi connectivity index (χ1n) is 14.8. The van der Waals surface area contributed by atoms with Crippen molar-refractivity contribution in [3.05, 3.63) is 146 Å². The Balaban J connectivity index is 1.25. The zero-order valence-corrected chi connectivity index (χ0v) is 23.2. The summed E-state index contributed by atoms with van der Waals surface area (Å²) in [5, 5.41) is 7.67. The second-order valence-electron chi connectivity index (χ2n) is 11.3. The number of para-hydroxylation sites is 2. The van der Waals surface area contributed by atoms with E-state index < -0.39 is 0 Å². The Bertz CT molecular complexity index is 2410. The Morgan fingerprint density at radius 1 is 0.452 bits per heavy atom. The molecule has 2 aromatic heterocycles. The van der Waals surface area contributed by atoms with Crippen LogP contribution in [-0.2, 0) is 0 Å². The Kier molecular flexibility index (Phi) is 5.06. The van der Waals surface area contributed by atoms with Crippen LogP contribution in [0.4, 0.5) is 0 Å². The average molecular weight is 537 g/mol. The Hall–Kier alpha value is -5.34. The van der Waals surface area contributed by atoms with Gasteiger partial charge in [0.1, 0.15) is 0 Å². The van der Waals surface area contributed by atoms with E-state index in [0.29, 0.717) is 0 Å². The predicted molar refractivity (Wildman–Crippen MR) is 179 cm³/mol. The van der Waals surface area contributed by atoms with Gasteiger partial charge in [0.2, 0.25) is 0 Å². The van der Waals surface area contributed by atoms with Crippen LogP contribution in [0.15, 0.2) is 146 Å². The molecule has 0 bridgehead atoms. The van der Waals surface area contributed by atoms with Crippen molar-refractivity contribution in [3.8, 4) is 16.8 Å². The molecule has 2 heterocycles. The lowest BCUT2D eigenvalue weighted by Crippen LogP contribution is -1.98. The van der Waals surface area contributed by atoms with E-state index in [4.69, 9.17) is 0 Å². The van der Waals surface area contributed by atoms with Crippen molar-refractivity contribution in [2.75, 3.05) is 0 Å². The largest absolute Gasteiger partial charge is 0.313 e. The number of fused-ring (bicyclic) bond motifs is 7. The van der Waals surface area contributed by atoms with Crippen LogP contribution in [-0.4, -0.2) is 9.13 Å². The fourth-order valence-electron chi connectivity index (χ4n) is 6.98. The van der Waals surface area contributed by atoms with Crippen LogP contribution in [0.25, 0.3) is 76.9 Å². The van der Waals surface area contributed by atoms with Crippen LogP contribution in [0.5, 0.6) is 0 Å². The summed E-state index contributed by atoms with van der Waals surface area (Å²) >= 11 is 0. The maximum Gasteiger partial charge on any atom is 0.0541 e. The average Bonchev–Trinajstić information content (AvgIpc) is 3.57. The third-order valence-corrected chi connectivity index (χ3v) is 8.95. The Labute approximate surface area is 244 Å². The zero-order chi connectivity index (χ0) is 27.6. The summed E-state index contributed by atoms with van der Waals surface area (Å²) in [6, 6.07) is 46.9.